The Hall–Kier alpha value is -3.33. The third-order valence-corrected chi connectivity index (χ3v) is 3.12. The van der Waals surface area contributed by atoms with Crippen molar-refractivity contribution in [2.75, 3.05) is 14.2 Å². The Morgan fingerprint density at radius 2 is 1.82 bits per heavy atom. The largest absolute Gasteiger partial charge is 0.465 e. The van der Waals surface area contributed by atoms with E-state index in [9.17, 15) is 20.1 Å². The van der Waals surface area contributed by atoms with Gasteiger partial charge in [-0.15, -0.1) is 0 Å². The third kappa shape index (κ3) is 1.80. The van der Waals surface area contributed by atoms with Gasteiger partial charge in [0.2, 0.25) is 0 Å². The van der Waals surface area contributed by atoms with Crippen molar-refractivity contribution in [3.05, 3.63) is 23.0 Å². The molecule has 0 saturated carbocycles. The predicted molar refractivity (Wildman–Crippen MR) is 70.9 cm³/mol. The van der Waals surface area contributed by atoms with E-state index in [1.807, 2.05) is 0 Å². The van der Waals surface area contributed by atoms with E-state index in [0.717, 1.165) is 24.3 Å². The molecule has 0 aliphatic carbocycles. The lowest BCUT2D eigenvalue weighted by Gasteiger charge is -2.32. The molecule has 0 unspecified atom stereocenters. The van der Waals surface area contributed by atoms with Crippen molar-refractivity contribution in [1.82, 2.24) is 10.1 Å². The Morgan fingerprint density at radius 3 is 2.32 bits per heavy atom. The number of nitriles is 2. The summed E-state index contributed by atoms with van der Waals surface area (Å²) < 4.78 is 9.27. The minimum atomic E-state index is -2.12. The van der Waals surface area contributed by atoms with Crippen LogP contribution in [0.4, 0.5) is 0 Å². The highest BCUT2D eigenvalue weighted by molar-refractivity contribution is 6.04. The van der Waals surface area contributed by atoms with E-state index < -0.39 is 23.1 Å². The molecule has 0 radical (unpaired) electrons. The van der Waals surface area contributed by atoms with Crippen LogP contribution in [0.1, 0.15) is 6.92 Å². The Kier molecular flexibility index (Phi) is 3.57. The number of hydrogen-bond donors (Lipinski definition) is 0. The summed E-state index contributed by atoms with van der Waals surface area (Å²) in [6.45, 7) is 1.70. The number of nitrogens with zero attached hydrogens (tertiary/aromatic N) is 5. The fraction of sp³-hybridized carbons (Fsp3) is 0.308. The van der Waals surface area contributed by atoms with Crippen molar-refractivity contribution in [3.63, 3.8) is 0 Å². The molecule has 0 fully saturated rings. The lowest BCUT2D eigenvalue weighted by atomic mass is 9.93. The summed E-state index contributed by atoms with van der Waals surface area (Å²) in [7, 11) is 2.21. The summed E-state index contributed by atoms with van der Waals surface area (Å²) in [6, 6.07) is 3.46. The molecule has 0 N–H and O–H groups in total. The van der Waals surface area contributed by atoms with Crippen LogP contribution < -0.4 is 0 Å². The molecular weight excluding hydrogens is 290 g/mol. The molecule has 0 aromatic heterocycles. The second-order valence-electron chi connectivity index (χ2n) is 4.39. The summed E-state index contributed by atoms with van der Waals surface area (Å²) >= 11 is 0. The molecule has 2 aliphatic heterocycles. The van der Waals surface area contributed by atoms with Crippen LogP contribution in [-0.4, -0.2) is 48.0 Å². The van der Waals surface area contributed by atoms with E-state index in [0.29, 0.717) is 5.57 Å². The van der Waals surface area contributed by atoms with Gasteiger partial charge in [-0.05, 0) is 12.5 Å². The first kappa shape index (κ1) is 15.1. The highest BCUT2D eigenvalue weighted by atomic mass is 16.5. The second kappa shape index (κ2) is 5.22. The van der Waals surface area contributed by atoms with Crippen molar-refractivity contribution in [3.8, 4) is 12.1 Å². The Labute approximate surface area is 125 Å². The highest BCUT2D eigenvalue weighted by Gasteiger charge is 2.58. The first-order valence-electron chi connectivity index (χ1n) is 6.02. The fourth-order valence-corrected chi connectivity index (χ4v) is 2.14. The maximum Gasteiger partial charge on any atom is 0.357 e. The minimum absolute atomic E-state index is 0.284. The molecule has 0 aromatic rings. The van der Waals surface area contributed by atoms with Gasteiger partial charge in [0.05, 0.1) is 20.4 Å². The van der Waals surface area contributed by atoms with Gasteiger partial charge >= 0.3 is 11.9 Å². The number of carbonyl (C=O) groups excluding carboxylic acids is 2. The first-order valence-corrected chi connectivity index (χ1v) is 6.02. The number of allylic oxidation sites excluding steroid dienone is 1. The van der Waals surface area contributed by atoms with Crippen LogP contribution >= 0.6 is 0 Å². The van der Waals surface area contributed by atoms with Crippen molar-refractivity contribution < 1.29 is 19.1 Å². The normalized spacial score (nSPS) is 18.1. The summed E-state index contributed by atoms with van der Waals surface area (Å²) in [4.78, 5) is 24.2. The maximum absolute atomic E-state index is 12.1. The van der Waals surface area contributed by atoms with E-state index in [-0.39, 0.29) is 5.70 Å². The molecule has 112 valence electrons. The van der Waals surface area contributed by atoms with Crippen LogP contribution in [0.3, 0.4) is 0 Å². The van der Waals surface area contributed by atoms with E-state index in [4.69, 9.17) is 0 Å². The van der Waals surface area contributed by atoms with Crippen molar-refractivity contribution in [2.24, 2.45) is 5.10 Å². The van der Waals surface area contributed by atoms with Gasteiger partial charge in [0.15, 0.2) is 5.70 Å². The fourth-order valence-electron chi connectivity index (χ4n) is 2.14. The van der Waals surface area contributed by atoms with Crippen LogP contribution in [0, 0.1) is 22.7 Å². The van der Waals surface area contributed by atoms with Crippen molar-refractivity contribution in [1.29, 1.82) is 10.5 Å². The van der Waals surface area contributed by atoms with E-state index >= 15 is 0 Å². The van der Waals surface area contributed by atoms with E-state index in [1.54, 1.807) is 19.1 Å². The average molecular weight is 301 g/mol. The molecule has 0 bridgehead atoms. The van der Waals surface area contributed by atoms with Crippen LogP contribution in [-0.2, 0) is 19.1 Å². The molecule has 2 heterocycles. The number of hydrazine groups is 1. The Morgan fingerprint density at radius 1 is 1.23 bits per heavy atom. The number of fused-ring (bicyclic) bond motifs is 1. The Bertz CT molecular complexity index is 708. The van der Waals surface area contributed by atoms with Crippen LogP contribution in [0.15, 0.2) is 28.1 Å². The van der Waals surface area contributed by atoms with Gasteiger partial charge in [0.1, 0.15) is 17.7 Å². The highest BCUT2D eigenvalue weighted by Crippen LogP contribution is 2.40. The number of hydrogen-bond acceptors (Lipinski definition) is 9. The topological polar surface area (TPSA) is 119 Å². The van der Waals surface area contributed by atoms with Crippen molar-refractivity contribution in [2.45, 2.75) is 12.5 Å². The maximum atomic E-state index is 12.1. The molecule has 0 aromatic carbocycles. The Balaban J connectivity index is 2.81. The monoisotopic (exact) mass is 301 g/mol. The van der Waals surface area contributed by atoms with Gasteiger partial charge < -0.3 is 9.47 Å². The molecule has 2 rings (SSSR count). The summed E-state index contributed by atoms with van der Waals surface area (Å²) in [6.07, 6.45) is 2.85. The zero-order valence-electron chi connectivity index (χ0n) is 12.0. The smallest absolute Gasteiger partial charge is 0.357 e. The number of hydrazone groups is 1. The van der Waals surface area contributed by atoms with Crippen LogP contribution in [0.2, 0.25) is 0 Å². The van der Waals surface area contributed by atoms with Gasteiger partial charge in [-0.1, -0.05) is 0 Å². The SMILES string of the molecule is COC(=O)C1=C(C(=O)OC)C(C#N)(C#N)N2N=CC(C)=CN12. The molecule has 2 aliphatic rings. The molecular formula is C13H11N5O4. The standard InChI is InChI=1S/C13H11N5O4/c1-8-4-16-18-13(6-14,7-15)9(11(19)21-2)10(12(20)22-3)17(18)5-8/h4-5H,1-3H3. The molecule has 9 nitrogen and oxygen atoms in total. The zero-order chi connectivity index (χ0) is 16.5. The first-order chi connectivity index (χ1) is 10.5. The molecule has 0 saturated heterocycles. The quantitative estimate of drug-likeness (QED) is 0.644. The zero-order valence-corrected chi connectivity index (χ0v) is 12.0. The summed E-state index contributed by atoms with van der Waals surface area (Å²) in [5, 5.41) is 25.0. The predicted octanol–water partition coefficient (Wildman–Crippen LogP) is -0.192. The lowest BCUT2D eigenvalue weighted by Crippen LogP contribution is -2.48. The van der Waals surface area contributed by atoms with Gasteiger partial charge in [-0.3, -0.25) is 0 Å². The van der Waals surface area contributed by atoms with E-state index in [1.165, 1.54) is 12.4 Å². The number of ether oxygens (including phenoxy) is 2. The van der Waals surface area contributed by atoms with E-state index in [2.05, 4.69) is 14.6 Å². The summed E-state index contributed by atoms with van der Waals surface area (Å²) in [5.41, 5.74) is -2.19. The molecule has 9 heteroatoms. The molecule has 0 atom stereocenters. The number of methoxy groups -OCH3 is 2. The third-order valence-electron chi connectivity index (χ3n) is 3.12. The number of rotatable bonds is 2. The molecule has 22 heavy (non-hydrogen) atoms. The molecule has 0 spiro atoms. The van der Waals surface area contributed by atoms with Gasteiger partial charge in [0.25, 0.3) is 5.54 Å². The average Bonchev–Trinajstić information content (AvgIpc) is 2.83. The summed E-state index contributed by atoms with van der Waals surface area (Å²) in [5.74, 6) is -1.88. The minimum Gasteiger partial charge on any atom is -0.465 e. The van der Waals surface area contributed by atoms with Crippen LogP contribution in [0.25, 0.3) is 0 Å². The van der Waals surface area contributed by atoms with Crippen LogP contribution in [0.5, 0.6) is 0 Å². The second-order valence-corrected chi connectivity index (χ2v) is 4.39. The van der Waals surface area contributed by atoms with Gasteiger partial charge in [-0.2, -0.15) is 20.7 Å². The molecule has 0 amide bonds. The van der Waals surface area contributed by atoms with Crippen molar-refractivity contribution >= 4 is 18.2 Å². The number of esters is 2. The lowest BCUT2D eigenvalue weighted by molar-refractivity contribution is -0.140. The number of carbonyl (C=O) groups is 2. The van der Waals surface area contributed by atoms with Gasteiger partial charge in [-0.25, -0.2) is 14.6 Å². The van der Waals surface area contributed by atoms with Gasteiger partial charge in [0, 0.05) is 6.20 Å².